The third kappa shape index (κ3) is 2.43. The second kappa shape index (κ2) is 5.40. The number of carboxylic acid groups (broad SMARTS) is 1. The molecule has 21 heavy (non-hydrogen) atoms. The lowest BCUT2D eigenvalue weighted by Gasteiger charge is -2.52. The molecule has 3 aliphatic rings. The number of carboxylic acids is 1. The van der Waals surface area contributed by atoms with Crippen molar-refractivity contribution in [3.63, 3.8) is 0 Å². The fourth-order valence-electron chi connectivity index (χ4n) is 5.88. The Morgan fingerprint density at radius 3 is 2.71 bits per heavy atom. The minimum Gasteiger partial charge on any atom is -0.481 e. The van der Waals surface area contributed by atoms with E-state index in [0.717, 1.165) is 24.7 Å². The van der Waals surface area contributed by atoms with Crippen molar-refractivity contribution in [1.82, 2.24) is 0 Å². The number of carbonyl (C=O) groups excluding carboxylic acids is 1. The van der Waals surface area contributed by atoms with Crippen LogP contribution in [0.1, 0.15) is 65.2 Å². The maximum atomic E-state index is 12.3. The van der Waals surface area contributed by atoms with E-state index in [1.54, 1.807) is 0 Å². The zero-order valence-electron chi connectivity index (χ0n) is 13.3. The lowest BCUT2D eigenvalue weighted by molar-refractivity contribution is -0.139. The minimum atomic E-state index is -0.764. The Balaban J connectivity index is 1.78. The van der Waals surface area contributed by atoms with Crippen molar-refractivity contribution in [1.29, 1.82) is 0 Å². The summed E-state index contributed by atoms with van der Waals surface area (Å²) in [5, 5.41) is 8.94. The average molecular weight is 292 g/mol. The Bertz CT molecular complexity index is 444. The lowest BCUT2D eigenvalue weighted by Crippen LogP contribution is -2.47. The van der Waals surface area contributed by atoms with Gasteiger partial charge in [0, 0.05) is 18.8 Å². The molecule has 3 rings (SSSR count). The zero-order valence-corrected chi connectivity index (χ0v) is 13.3. The molecular formula is C18H28O3. The molecule has 118 valence electrons. The van der Waals surface area contributed by atoms with Crippen LogP contribution in [0.3, 0.4) is 0 Å². The van der Waals surface area contributed by atoms with Crippen LogP contribution < -0.4 is 0 Å². The first-order valence-corrected chi connectivity index (χ1v) is 8.68. The van der Waals surface area contributed by atoms with Crippen molar-refractivity contribution in [2.24, 2.45) is 35.0 Å². The van der Waals surface area contributed by atoms with E-state index in [1.165, 1.54) is 19.3 Å². The molecule has 0 aromatic carbocycles. The number of carbonyl (C=O) groups is 2. The quantitative estimate of drug-likeness (QED) is 0.858. The number of ketones is 1. The molecule has 0 radical (unpaired) electrons. The molecule has 3 saturated carbocycles. The Morgan fingerprint density at radius 2 is 2.00 bits per heavy atom. The standard InChI is InChI=1S/C18H28O3/c1-11-3-6-15-13-4-7-16(19)14(5-8-17(20)21)12(13)9-10-18(11,15)2/h11-15H,3-10H2,1-2H3,(H,20,21)/t11-,12?,13?,14?,15?,18+/m0/s1. The molecule has 3 fully saturated rings. The summed E-state index contributed by atoms with van der Waals surface area (Å²) in [6.07, 6.45) is 7.48. The number of hydrogen-bond donors (Lipinski definition) is 1. The van der Waals surface area contributed by atoms with Crippen LogP contribution in [0.15, 0.2) is 0 Å². The molecule has 0 aliphatic heterocycles. The second-order valence-corrected chi connectivity index (χ2v) is 8.00. The molecular weight excluding hydrogens is 264 g/mol. The number of rotatable bonds is 3. The van der Waals surface area contributed by atoms with Crippen molar-refractivity contribution in [3.05, 3.63) is 0 Å². The summed E-state index contributed by atoms with van der Waals surface area (Å²) in [6, 6.07) is 0. The smallest absolute Gasteiger partial charge is 0.303 e. The first kappa shape index (κ1) is 15.1. The van der Waals surface area contributed by atoms with Crippen LogP contribution in [0.4, 0.5) is 0 Å². The first-order valence-electron chi connectivity index (χ1n) is 8.68. The van der Waals surface area contributed by atoms with Gasteiger partial charge < -0.3 is 5.11 Å². The van der Waals surface area contributed by atoms with Gasteiger partial charge in [0.25, 0.3) is 0 Å². The molecule has 0 bridgehead atoms. The van der Waals surface area contributed by atoms with Crippen LogP contribution in [0, 0.1) is 35.0 Å². The molecule has 3 nitrogen and oxygen atoms in total. The zero-order chi connectivity index (χ0) is 15.2. The van der Waals surface area contributed by atoms with Crippen molar-refractivity contribution in [2.45, 2.75) is 65.2 Å². The molecule has 0 aromatic rings. The summed E-state index contributed by atoms with van der Waals surface area (Å²) < 4.78 is 0. The van der Waals surface area contributed by atoms with E-state index in [-0.39, 0.29) is 12.3 Å². The van der Waals surface area contributed by atoms with Crippen LogP contribution in [-0.2, 0) is 9.59 Å². The van der Waals surface area contributed by atoms with Gasteiger partial charge in [-0.25, -0.2) is 0 Å². The molecule has 3 heteroatoms. The third-order valence-corrected chi connectivity index (χ3v) is 7.29. The predicted molar refractivity (Wildman–Crippen MR) is 80.8 cm³/mol. The van der Waals surface area contributed by atoms with E-state index >= 15 is 0 Å². The average Bonchev–Trinajstić information content (AvgIpc) is 2.74. The maximum absolute atomic E-state index is 12.3. The highest BCUT2D eigenvalue weighted by Gasteiger charge is 2.55. The molecule has 0 aromatic heterocycles. The van der Waals surface area contributed by atoms with Crippen LogP contribution in [0.2, 0.25) is 0 Å². The van der Waals surface area contributed by atoms with E-state index in [9.17, 15) is 9.59 Å². The number of hydrogen-bond acceptors (Lipinski definition) is 2. The summed E-state index contributed by atoms with van der Waals surface area (Å²) in [6.45, 7) is 4.87. The largest absolute Gasteiger partial charge is 0.481 e. The molecule has 4 unspecified atom stereocenters. The van der Waals surface area contributed by atoms with Gasteiger partial charge in [-0.15, -0.1) is 0 Å². The third-order valence-electron chi connectivity index (χ3n) is 7.29. The van der Waals surface area contributed by atoms with Crippen LogP contribution in [0.25, 0.3) is 0 Å². The van der Waals surface area contributed by atoms with E-state index in [4.69, 9.17) is 5.11 Å². The van der Waals surface area contributed by atoms with Gasteiger partial charge in [-0.2, -0.15) is 0 Å². The van der Waals surface area contributed by atoms with Gasteiger partial charge in [0.05, 0.1) is 0 Å². The van der Waals surface area contributed by atoms with Gasteiger partial charge in [0.1, 0.15) is 5.78 Å². The fraction of sp³-hybridized carbons (Fsp3) is 0.889. The number of fused-ring (bicyclic) bond motifs is 3. The highest BCUT2D eigenvalue weighted by molar-refractivity contribution is 5.82. The van der Waals surface area contributed by atoms with Crippen LogP contribution in [-0.4, -0.2) is 16.9 Å². The van der Waals surface area contributed by atoms with Crippen LogP contribution in [0.5, 0.6) is 0 Å². The van der Waals surface area contributed by atoms with Crippen molar-refractivity contribution < 1.29 is 14.7 Å². The summed E-state index contributed by atoms with van der Waals surface area (Å²) >= 11 is 0. The predicted octanol–water partition coefficient (Wildman–Crippen LogP) is 3.91. The van der Waals surface area contributed by atoms with E-state index in [0.29, 0.717) is 35.9 Å². The molecule has 6 atom stereocenters. The van der Waals surface area contributed by atoms with Crippen molar-refractivity contribution in [2.75, 3.05) is 0 Å². The SMILES string of the molecule is C[C@H]1CCC2C3CCC(=O)C(CCC(=O)O)C3CC[C@@]21C. The van der Waals surface area contributed by atoms with Gasteiger partial charge in [-0.1, -0.05) is 13.8 Å². The van der Waals surface area contributed by atoms with Crippen molar-refractivity contribution >= 4 is 11.8 Å². The number of aliphatic carboxylic acids is 1. The maximum Gasteiger partial charge on any atom is 0.303 e. The molecule has 0 amide bonds. The van der Waals surface area contributed by atoms with E-state index in [2.05, 4.69) is 13.8 Å². The highest BCUT2D eigenvalue weighted by Crippen LogP contribution is 2.62. The molecule has 0 saturated heterocycles. The summed E-state index contributed by atoms with van der Waals surface area (Å²) in [5.41, 5.74) is 0.471. The minimum absolute atomic E-state index is 0.0281. The monoisotopic (exact) mass is 292 g/mol. The van der Waals surface area contributed by atoms with Gasteiger partial charge in [0.15, 0.2) is 0 Å². The first-order chi connectivity index (χ1) is 9.93. The van der Waals surface area contributed by atoms with E-state index in [1.807, 2.05) is 0 Å². The number of Topliss-reactive ketones (excluding diaryl/α,β-unsaturated/α-hetero) is 1. The summed E-state index contributed by atoms with van der Waals surface area (Å²) in [7, 11) is 0. The summed E-state index contributed by atoms with van der Waals surface area (Å²) in [4.78, 5) is 23.2. The molecule has 0 heterocycles. The molecule has 0 spiro atoms. The Morgan fingerprint density at radius 1 is 1.24 bits per heavy atom. The van der Waals surface area contributed by atoms with Crippen molar-refractivity contribution in [3.8, 4) is 0 Å². The normalized spacial score (nSPS) is 46.0. The van der Waals surface area contributed by atoms with Gasteiger partial charge in [-0.05, 0) is 67.6 Å². The van der Waals surface area contributed by atoms with Gasteiger partial charge in [0.2, 0.25) is 0 Å². The summed E-state index contributed by atoms with van der Waals surface area (Å²) in [5.74, 6) is 2.32. The molecule has 1 N–H and O–H groups in total. The Labute approximate surface area is 127 Å². The highest BCUT2D eigenvalue weighted by atomic mass is 16.4. The fourth-order valence-corrected chi connectivity index (χ4v) is 5.88. The van der Waals surface area contributed by atoms with Gasteiger partial charge in [-0.3, -0.25) is 9.59 Å². The van der Waals surface area contributed by atoms with Crippen LogP contribution >= 0.6 is 0 Å². The Hall–Kier alpha value is -0.860. The topological polar surface area (TPSA) is 54.4 Å². The molecule has 3 aliphatic carbocycles. The van der Waals surface area contributed by atoms with E-state index < -0.39 is 5.97 Å². The lowest BCUT2D eigenvalue weighted by atomic mass is 9.52. The van der Waals surface area contributed by atoms with Gasteiger partial charge >= 0.3 is 5.97 Å². The second-order valence-electron chi connectivity index (χ2n) is 8.00. The Kier molecular flexibility index (Phi) is 3.87.